The molecule has 0 heterocycles. The van der Waals surface area contributed by atoms with Crippen molar-refractivity contribution < 1.29 is 9.53 Å². The fraction of sp³-hybridized carbons (Fsp3) is 0.188. The number of rotatable bonds is 3. The Morgan fingerprint density at radius 3 is 2.50 bits per heavy atom. The highest BCUT2D eigenvalue weighted by atomic mass is 79.9. The second-order valence-corrected chi connectivity index (χ2v) is 5.51. The Morgan fingerprint density at radius 1 is 1.15 bits per heavy atom. The third-order valence-electron chi connectivity index (χ3n) is 3.36. The highest BCUT2D eigenvalue weighted by Crippen LogP contribution is 2.30. The minimum Gasteiger partial charge on any atom is -0.496 e. The molecule has 0 bridgehead atoms. The Labute approximate surface area is 126 Å². The van der Waals surface area contributed by atoms with Gasteiger partial charge in [0.1, 0.15) is 5.75 Å². The van der Waals surface area contributed by atoms with Crippen LogP contribution in [0, 0.1) is 13.8 Å². The summed E-state index contributed by atoms with van der Waals surface area (Å²) in [6.07, 6.45) is 0. The number of nitrogens with two attached hydrogens (primary N) is 1. The molecule has 2 aromatic carbocycles. The summed E-state index contributed by atoms with van der Waals surface area (Å²) in [5.41, 5.74) is 9.45. The number of anilines is 1. The number of nitrogen functional groups attached to an aromatic ring is 1. The van der Waals surface area contributed by atoms with E-state index < -0.39 is 0 Å². The minimum atomic E-state index is -0.107. The molecule has 20 heavy (non-hydrogen) atoms. The number of halogens is 1. The van der Waals surface area contributed by atoms with Gasteiger partial charge in [-0.1, -0.05) is 22.0 Å². The molecule has 104 valence electrons. The molecule has 0 atom stereocenters. The van der Waals surface area contributed by atoms with E-state index in [0.717, 1.165) is 15.6 Å². The van der Waals surface area contributed by atoms with Crippen LogP contribution >= 0.6 is 15.9 Å². The predicted molar refractivity (Wildman–Crippen MR) is 84.5 cm³/mol. The zero-order chi connectivity index (χ0) is 14.9. The molecule has 0 aliphatic carbocycles. The summed E-state index contributed by atoms with van der Waals surface area (Å²) in [7, 11) is 1.58. The molecule has 2 aromatic rings. The summed E-state index contributed by atoms with van der Waals surface area (Å²) < 4.78 is 6.12. The lowest BCUT2D eigenvalue weighted by molar-refractivity contribution is 0.103. The SMILES string of the molecule is COc1c(C(=O)c2cc(N)ccc2Br)ccc(C)c1C. The van der Waals surface area contributed by atoms with Crippen molar-refractivity contribution in [3.63, 3.8) is 0 Å². The van der Waals surface area contributed by atoms with Gasteiger partial charge in [-0.3, -0.25) is 4.79 Å². The van der Waals surface area contributed by atoms with Crippen LogP contribution in [0.2, 0.25) is 0 Å². The summed E-state index contributed by atoms with van der Waals surface area (Å²) in [5, 5.41) is 0. The van der Waals surface area contributed by atoms with Gasteiger partial charge in [0, 0.05) is 15.7 Å². The van der Waals surface area contributed by atoms with E-state index in [1.54, 1.807) is 31.4 Å². The maximum Gasteiger partial charge on any atom is 0.197 e. The monoisotopic (exact) mass is 333 g/mol. The summed E-state index contributed by atoms with van der Waals surface area (Å²) in [4.78, 5) is 12.7. The molecule has 2 rings (SSSR count). The van der Waals surface area contributed by atoms with Crippen molar-refractivity contribution in [2.45, 2.75) is 13.8 Å². The van der Waals surface area contributed by atoms with Crippen molar-refractivity contribution in [3.8, 4) is 5.75 Å². The number of aryl methyl sites for hydroxylation is 1. The molecule has 0 saturated heterocycles. The van der Waals surface area contributed by atoms with Crippen LogP contribution in [-0.2, 0) is 0 Å². The lowest BCUT2D eigenvalue weighted by atomic mass is 9.97. The molecule has 0 spiro atoms. The van der Waals surface area contributed by atoms with Crippen LogP contribution < -0.4 is 10.5 Å². The van der Waals surface area contributed by atoms with Crippen molar-refractivity contribution in [3.05, 3.63) is 57.1 Å². The van der Waals surface area contributed by atoms with Crippen LogP contribution in [0.25, 0.3) is 0 Å². The van der Waals surface area contributed by atoms with Crippen molar-refractivity contribution in [1.82, 2.24) is 0 Å². The van der Waals surface area contributed by atoms with Crippen molar-refractivity contribution in [2.75, 3.05) is 12.8 Å². The van der Waals surface area contributed by atoms with Crippen LogP contribution in [0.1, 0.15) is 27.0 Å². The molecule has 0 aromatic heterocycles. The third kappa shape index (κ3) is 2.56. The van der Waals surface area contributed by atoms with E-state index >= 15 is 0 Å². The van der Waals surface area contributed by atoms with Crippen LogP contribution in [0.5, 0.6) is 5.75 Å². The van der Waals surface area contributed by atoms with E-state index in [-0.39, 0.29) is 5.78 Å². The van der Waals surface area contributed by atoms with Gasteiger partial charge in [-0.05, 0) is 49.2 Å². The summed E-state index contributed by atoms with van der Waals surface area (Å²) in [6.45, 7) is 3.93. The topological polar surface area (TPSA) is 52.3 Å². The fourth-order valence-electron chi connectivity index (χ4n) is 2.09. The van der Waals surface area contributed by atoms with E-state index in [0.29, 0.717) is 22.6 Å². The first-order chi connectivity index (χ1) is 9.45. The molecule has 0 saturated carbocycles. The molecular formula is C16H16BrNO2. The van der Waals surface area contributed by atoms with Gasteiger partial charge in [-0.25, -0.2) is 0 Å². The molecule has 2 N–H and O–H groups in total. The first-order valence-corrected chi connectivity index (χ1v) is 6.99. The normalized spacial score (nSPS) is 10.4. The van der Waals surface area contributed by atoms with Gasteiger partial charge in [0.15, 0.2) is 5.78 Å². The van der Waals surface area contributed by atoms with Crippen LogP contribution in [0.3, 0.4) is 0 Å². The Kier molecular flexibility index (Phi) is 4.14. The van der Waals surface area contributed by atoms with Gasteiger partial charge < -0.3 is 10.5 Å². The fourth-order valence-corrected chi connectivity index (χ4v) is 2.52. The zero-order valence-corrected chi connectivity index (χ0v) is 13.2. The lowest BCUT2D eigenvalue weighted by Crippen LogP contribution is -2.07. The Morgan fingerprint density at radius 2 is 1.85 bits per heavy atom. The summed E-state index contributed by atoms with van der Waals surface area (Å²) in [6, 6.07) is 8.90. The van der Waals surface area contributed by atoms with Crippen molar-refractivity contribution in [1.29, 1.82) is 0 Å². The van der Waals surface area contributed by atoms with E-state index in [1.807, 2.05) is 19.9 Å². The van der Waals surface area contributed by atoms with E-state index in [4.69, 9.17) is 10.5 Å². The first kappa shape index (κ1) is 14.6. The number of ketones is 1. The highest BCUT2D eigenvalue weighted by Gasteiger charge is 2.19. The molecule has 0 amide bonds. The smallest absolute Gasteiger partial charge is 0.197 e. The number of carbonyl (C=O) groups excluding carboxylic acids is 1. The third-order valence-corrected chi connectivity index (χ3v) is 4.05. The van der Waals surface area contributed by atoms with Gasteiger partial charge in [0.05, 0.1) is 12.7 Å². The Balaban J connectivity index is 2.59. The molecule has 0 unspecified atom stereocenters. The van der Waals surface area contributed by atoms with Crippen LogP contribution in [-0.4, -0.2) is 12.9 Å². The molecule has 3 nitrogen and oxygen atoms in total. The second kappa shape index (κ2) is 5.67. The van der Waals surface area contributed by atoms with E-state index in [1.165, 1.54) is 0 Å². The second-order valence-electron chi connectivity index (χ2n) is 4.66. The number of carbonyl (C=O) groups is 1. The molecule has 4 heteroatoms. The van der Waals surface area contributed by atoms with Gasteiger partial charge in [-0.2, -0.15) is 0 Å². The van der Waals surface area contributed by atoms with Gasteiger partial charge in [0.2, 0.25) is 0 Å². The molecule has 0 aliphatic heterocycles. The number of benzene rings is 2. The Bertz CT molecular complexity index is 680. The van der Waals surface area contributed by atoms with Gasteiger partial charge in [-0.15, -0.1) is 0 Å². The predicted octanol–water partition coefficient (Wildman–Crippen LogP) is 3.89. The lowest BCUT2D eigenvalue weighted by Gasteiger charge is -2.13. The number of hydrogen-bond acceptors (Lipinski definition) is 3. The number of ether oxygens (including phenoxy) is 1. The number of hydrogen-bond donors (Lipinski definition) is 1. The maximum atomic E-state index is 12.7. The average molecular weight is 334 g/mol. The van der Waals surface area contributed by atoms with Crippen molar-refractivity contribution >= 4 is 27.4 Å². The Hall–Kier alpha value is -1.81. The van der Waals surface area contributed by atoms with Crippen LogP contribution in [0.4, 0.5) is 5.69 Å². The first-order valence-electron chi connectivity index (χ1n) is 6.19. The largest absolute Gasteiger partial charge is 0.496 e. The standard InChI is InChI=1S/C16H16BrNO2/c1-9-4-6-12(16(20-3)10(9)2)15(19)13-8-11(18)5-7-14(13)17/h4-8H,18H2,1-3H3. The van der Waals surface area contributed by atoms with E-state index in [2.05, 4.69) is 15.9 Å². The van der Waals surface area contributed by atoms with E-state index in [9.17, 15) is 4.79 Å². The average Bonchev–Trinajstić information content (AvgIpc) is 2.43. The molecule has 0 fully saturated rings. The van der Waals surface area contributed by atoms with Crippen molar-refractivity contribution in [2.24, 2.45) is 0 Å². The zero-order valence-electron chi connectivity index (χ0n) is 11.7. The minimum absolute atomic E-state index is 0.107. The quantitative estimate of drug-likeness (QED) is 0.684. The van der Waals surface area contributed by atoms with Gasteiger partial charge in [0.25, 0.3) is 0 Å². The molecular weight excluding hydrogens is 318 g/mol. The van der Waals surface area contributed by atoms with Crippen LogP contribution in [0.15, 0.2) is 34.8 Å². The molecule has 0 radical (unpaired) electrons. The summed E-state index contributed by atoms with van der Waals surface area (Å²) in [5.74, 6) is 0.508. The summed E-state index contributed by atoms with van der Waals surface area (Å²) >= 11 is 3.39. The highest BCUT2D eigenvalue weighted by molar-refractivity contribution is 9.10. The van der Waals surface area contributed by atoms with Gasteiger partial charge >= 0.3 is 0 Å². The maximum absolute atomic E-state index is 12.7. The number of methoxy groups -OCH3 is 1. The molecule has 0 aliphatic rings.